The monoisotopic (exact) mass is 283 g/mol. The van der Waals surface area contributed by atoms with Crippen LogP contribution in [0.2, 0.25) is 0 Å². The maximum absolute atomic E-state index is 14.3. The number of anilines is 2. The first-order valence-electron chi connectivity index (χ1n) is 6.53. The molecule has 0 unspecified atom stereocenters. The number of halogens is 1. The van der Waals surface area contributed by atoms with Crippen LogP contribution in [0.3, 0.4) is 0 Å². The lowest BCUT2D eigenvalue weighted by Gasteiger charge is -2.12. The lowest BCUT2D eigenvalue weighted by Crippen LogP contribution is -2.16. The van der Waals surface area contributed by atoms with Crippen LogP contribution in [-0.4, -0.2) is 9.97 Å². The van der Waals surface area contributed by atoms with Crippen molar-refractivity contribution in [3.63, 3.8) is 0 Å². The number of nitrogens with one attached hydrogen (secondary N) is 2. The molecular formula is C16H14FN3O. The summed E-state index contributed by atoms with van der Waals surface area (Å²) in [5.41, 5.74) is 2.16. The van der Waals surface area contributed by atoms with Crippen LogP contribution < -0.4 is 10.6 Å². The molecule has 2 N–H and O–H groups in total. The van der Waals surface area contributed by atoms with Crippen LogP contribution in [0.1, 0.15) is 5.56 Å². The summed E-state index contributed by atoms with van der Waals surface area (Å²) in [5.74, 6) is 0. The predicted octanol–water partition coefficient (Wildman–Crippen LogP) is 3.70. The molecule has 0 aliphatic carbocycles. The van der Waals surface area contributed by atoms with Crippen LogP contribution in [0, 0.1) is 6.92 Å². The maximum Gasteiger partial charge on any atom is 0.215 e. The van der Waals surface area contributed by atoms with Crippen molar-refractivity contribution < 1.29 is 4.48 Å². The van der Waals surface area contributed by atoms with Gasteiger partial charge in [-0.25, -0.2) is 0 Å². The second-order valence-electron chi connectivity index (χ2n) is 4.80. The highest BCUT2D eigenvalue weighted by atomic mass is 19.2. The van der Waals surface area contributed by atoms with Gasteiger partial charge in [0.25, 0.3) is 0 Å². The fourth-order valence-corrected chi connectivity index (χ4v) is 2.14. The molecule has 0 bridgehead atoms. The molecule has 106 valence electrons. The highest BCUT2D eigenvalue weighted by Crippen LogP contribution is 2.24. The normalized spacial score (nSPS) is 10.6. The Hall–Kier alpha value is -2.82. The molecule has 1 aromatic carbocycles. The summed E-state index contributed by atoms with van der Waals surface area (Å²) in [6.07, 6.45) is 6.02. The van der Waals surface area contributed by atoms with Gasteiger partial charge in [0.15, 0.2) is 0 Å². The number of aromatic amines is 2. The van der Waals surface area contributed by atoms with Gasteiger partial charge in [0.1, 0.15) is 5.69 Å². The fraction of sp³-hybridized carbons (Fsp3) is 0.0625. The molecule has 2 heterocycles. The summed E-state index contributed by atoms with van der Waals surface area (Å²) in [6, 6.07) is 9.09. The van der Waals surface area contributed by atoms with E-state index in [2.05, 4.69) is 9.97 Å². The van der Waals surface area contributed by atoms with Crippen molar-refractivity contribution in [1.29, 1.82) is 0 Å². The highest BCUT2D eigenvalue weighted by molar-refractivity contribution is 5.69. The Balaban J connectivity index is 2.07. The number of aryl methyl sites for hydroxylation is 1. The SMILES string of the molecule is Cc1ccc(-c2c[nH]cc(N(F)c3cc[nH]c3)c2=O)cc1. The molecule has 0 radical (unpaired) electrons. The Morgan fingerprint density at radius 2 is 1.76 bits per heavy atom. The van der Waals surface area contributed by atoms with E-state index in [0.29, 0.717) is 10.7 Å². The van der Waals surface area contributed by atoms with E-state index in [-0.39, 0.29) is 16.8 Å². The Bertz CT molecular complexity index is 791. The molecule has 0 spiro atoms. The van der Waals surface area contributed by atoms with Crippen molar-refractivity contribution in [1.82, 2.24) is 9.97 Å². The zero-order chi connectivity index (χ0) is 14.8. The molecule has 0 aliphatic heterocycles. The third-order valence-electron chi connectivity index (χ3n) is 3.31. The van der Waals surface area contributed by atoms with Crippen LogP contribution in [0.25, 0.3) is 11.1 Å². The van der Waals surface area contributed by atoms with Gasteiger partial charge in [0.05, 0.1) is 5.69 Å². The average Bonchev–Trinajstić information content (AvgIpc) is 3.02. The van der Waals surface area contributed by atoms with Crippen molar-refractivity contribution in [3.8, 4) is 11.1 Å². The van der Waals surface area contributed by atoms with E-state index < -0.39 is 0 Å². The molecule has 21 heavy (non-hydrogen) atoms. The smallest absolute Gasteiger partial charge is 0.215 e. The molecule has 4 nitrogen and oxygen atoms in total. The number of hydrogen-bond acceptors (Lipinski definition) is 2. The second kappa shape index (κ2) is 5.28. The van der Waals surface area contributed by atoms with Gasteiger partial charge in [-0.1, -0.05) is 34.3 Å². The zero-order valence-electron chi connectivity index (χ0n) is 11.4. The minimum Gasteiger partial charge on any atom is -0.366 e. The molecule has 0 fully saturated rings. The first-order valence-corrected chi connectivity index (χ1v) is 6.53. The summed E-state index contributed by atoms with van der Waals surface area (Å²) in [7, 11) is 0. The van der Waals surface area contributed by atoms with Gasteiger partial charge < -0.3 is 9.97 Å². The van der Waals surface area contributed by atoms with Gasteiger partial charge in [-0.05, 0) is 18.6 Å². The van der Waals surface area contributed by atoms with E-state index >= 15 is 0 Å². The van der Waals surface area contributed by atoms with Gasteiger partial charge in [0.2, 0.25) is 5.43 Å². The van der Waals surface area contributed by atoms with Gasteiger partial charge in [-0.2, -0.15) is 5.12 Å². The molecule has 0 aliphatic rings. The van der Waals surface area contributed by atoms with E-state index in [1.54, 1.807) is 18.5 Å². The van der Waals surface area contributed by atoms with E-state index in [0.717, 1.165) is 11.1 Å². The molecule has 2 aromatic heterocycles. The first-order chi connectivity index (χ1) is 10.2. The van der Waals surface area contributed by atoms with Crippen molar-refractivity contribution in [2.45, 2.75) is 6.92 Å². The van der Waals surface area contributed by atoms with Crippen LogP contribution >= 0.6 is 0 Å². The lowest BCUT2D eigenvalue weighted by molar-refractivity contribution is 0.503. The van der Waals surface area contributed by atoms with Gasteiger partial charge in [-0.3, -0.25) is 4.79 Å². The van der Waals surface area contributed by atoms with E-state index in [1.165, 1.54) is 12.4 Å². The second-order valence-corrected chi connectivity index (χ2v) is 4.80. The lowest BCUT2D eigenvalue weighted by atomic mass is 10.1. The number of aromatic nitrogens is 2. The van der Waals surface area contributed by atoms with E-state index in [9.17, 15) is 9.28 Å². The van der Waals surface area contributed by atoms with Crippen molar-refractivity contribution in [2.75, 3.05) is 5.12 Å². The Kier molecular flexibility index (Phi) is 3.31. The maximum atomic E-state index is 14.3. The molecule has 0 amide bonds. The Morgan fingerprint density at radius 1 is 1.00 bits per heavy atom. The van der Waals surface area contributed by atoms with Crippen LogP contribution in [0.4, 0.5) is 15.9 Å². The quantitative estimate of drug-likeness (QED) is 0.720. The van der Waals surface area contributed by atoms with Crippen LogP contribution in [-0.2, 0) is 0 Å². The standard InChI is InChI=1S/C16H14FN3O/c1-11-2-4-12(5-3-11)14-9-19-10-15(16(14)21)20(17)13-6-7-18-8-13/h2-10,18H,1H3,(H,19,21). The summed E-state index contributed by atoms with van der Waals surface area (Å²) in [4.78, 5) is 18.1. The minimum atomic E-state index is -0.360. The number of H-pyrrole nitrogens is 2. The summed E-state index contributed by atoms with van der Waals surface area (Å²) in [5, 5.41) is 0.368. The van der Waals surface area contributed by atoms with E-state index in [1.807, 2.05) is 31.2 Å². The molecule has 3 aromatic rings. The van der Waals surface area contributed by atoms with E-state index in [4.69, 9.17) is 0 Å². The summed E-state index contributed by atoms with van der Waals surface area (Å²) >= 11 is 0. The van der Waals surface area contributed by atoms with Crippen LogP contribution in [0.5, 0.6) is 0 Å². The van der Waals surface area contributed by atoms with Gasteiger partial charge in [-0.15, -0.1) is 0 Å². The molecule has 0 atom stereocenters. The van der Waals surface area contributed by atoms with Gasteiger partial charge >= 0.3 is 0 Å². The summed E-state index contributed by atoms with van der Waals surface area (Å²) < 4.78 is 14.3. The highest BCUT2D eigenvalue weighted by Gasteiger charge is 2.15. The number of nitrogens with zero attached hydrogens (tertiary/aromatic N) is 1. The summed E-state index contributed by atoms with van der Waals surface area (Å²) in [6.45, 7) is 1.97. The topological polar surface area (TPSA) is 51.9 Å². The molecule has 0 saturated heterocycles. The number of hydrogen-bond donors (Lipinski definition) is 2. The Morgan fingerprint density at radius 3 is 2.43 bits per heavy atom. The third kappa shape index (κ3) is 2.45. The average molecular weight is 283 g/mol. The Labute approximate surface area is 120 Å². The molecule has 3 rings (SSSR count). The molecule has 5 heteroatoms. The van der Waals surface area contributed by atoms with Crippen molar-refractivity contribution in [3.05, 3.63) is 70.9 Å². The minimum absolute atomic E-state index is 0.0484. The van der Waals surface area contributed by atoms with Crippen molar-refractivity contribution in [2.24, 2.45) is 0 Å². The molecular weight excluding hydrogens is 269 g/mol. The number of rotatable bonds is 3. The van der Waals surface area contributed by atoms with Crippen LogP contribution in [0.15, 0.2) is 59.9 Å². The zero-order valence-corrected chi connectivity index (χ0v) is 11.4. The van der Waals surface area contributed by atoms with Crippen molar-refractivity contribution >= 4 is 11.4 Å². The largest absolute Gasteiger partial charge is 0.366 e. The first kappa shape index (κ1) is 13.2. The number of pyridine rings is 1. The van der Waals surface area contributed by atoms with Gasteiger partial charge in [0, 0.05) is 30.4 Å². The third-order valence-corrected chi connectivity index (χ3v) is 3.31. The number of benzene rings is 1. The fourth-order valence-electron chi connectivity index (χ4n) is 2.14. The predicted molar refractivity (Wildman–Crippen MR) is 81.3 cm³/mol. The molecule has 0 saturated carbocycles.